The normalized spacial score (nSPS) is 26.0. The minimum atomic E-state index is 0.219. The van der Waals surface area contributed by atoms with Crippen LogP contribution in [0.5, 0.6) is 0 Å². The molecule has 0 atom stereocenters. The summed E-state index contributed by atoms with van der Waals surface area (Å²) in [6.07, 6.45) is 10.1. The average molecular weight is 328 g/mol. The van der Waals surface area contributed by atoms with E-state index >= 15 is 0 Å². The van der Waals surface area contributed by atoms with Gasteiger partial charge in [-0.2, -0.15) is 0 Å². The molecule has 0 unspecified atom stereocenters. The minimum absolute atomic E-state index is 0.219. The van der Waals surface area contributed by atoms with Crippen molar-refractivity contribution in [1.29, 1.82) is 0 Å². The molecule has 0 radical (unpaired) electrons. The molecule has 1 aliphatic rings. The molecule has 3 heteroatoms. The number of hydrogen-bond acceptors (Lipinski definition) is 1. The van der Waals surface area contributed by atoms with Crippen molar-refractivity contribution in [1.82, 2.24) is 0 Å². The molecule has 1 nitrogen and oxygen atoms in total. The number of nitrogens with two attached hydrogens (primary N) is 1. The van der Waals surface area contributed by atoms with Crippen LogP contribution < -0.4 is 5.73 Å². The molecule has 1 fully saturated rings. The van der Waals surface area contributed by atoms with Gasteiger partial charge in [0, 0.05) is 0 Å². The van der Waals surface area contributed by atoms with Crippen molar-refractivity contribution >= 4 is 23.2 Å². The maximum atomic E-state index is 6.36. The summed E-state index contributed by atoms with van der Waals surface area (Å²) in [6, 6.07) is 5.93. The van der Waals surface area contributed by atoms with Gasteiger partial charge in [0.15, 0.2) is 0 Å². The van der Waals surface area contributed by atoms with Gasteiger partial charge in [-0.15, -0.1) is 0 Å². The molecular weight excluding hydrogens is 301 g/mol. The number of unbranched alkanes of at least 4 members (excludes halogenated alkanes) is 1. The van der Waals surface area contributed by atoms with E-state index in [4.69, 9.17) is 28.9 Å². The Morgan fingerprint density at radius 3 is 2.57 bits per heavy atom. The summed E-state index contributed by atoms with van der Waals surface area (Å²) in [5.74, 6) is 0.902. The van der Waals surface area contributed by atoms with Gasteiger partial charge in [0.2, 0.25) is 0 Å². The van der Waals surface area contributed by atoms with E-state index in [9.17, 15) is 0 Å². The fraction of sp³-hybridized carbons (Fsp3) is 0.667. The van der Waals surface area contributed by atoms with Gasteiger partial charge in [-0.3, -0.25) is 0 Å². The van der Waals surface area contributed by atoms with Gasteiger partial charge < -0.3 is 5.73 Å². The Morgan fingerprint density at radius 1 is 1.24 bits per heavy atom. The standard InChI is InChI=1S/C18H27Cl2N/c1-2-3-5-14-8-10-18(13-21,11-9-14)12-15-6-4-7-16(19)17(15)20/h4,6-7,14H,2-3,5,8-13,21H2,1H3. The van der Waals surface area contributed by atoms with Gasteiger partial charge in [-0.25, -0.2) is 0 Å². The Morgan fingerprint density at radius 2 is 1.95 bits per heavy atom. The maximum Gasteiger partial charge on any atom is 0.0624 e. The van der Waals surface area contributed by atoms with Gasteiger partial charge in [-0.1, -0.05) is 61.5 Å². The van der Waals surface area contributed by atoms with Crippen LogP contribution >= 0.6 is 23.2 Å². The second-order valence-corrected chi connectivity index (χ2v) is 7.46. The van der Waals surface area contributed by atoms with Gasteiger partial charge >= 0.3 is 0 Å². The van der Waals surface area contributed by atoms with Crippen molar-refractivity contribution in [3.8, 4) is 0 Å². The number of halogens is 2. The lowest BCUT2D eigenvalue weighted by atomic mass is 9.66. The van der Waals surface area contributed by atoms with Crippen LogP contribution in [0.25, 0.3) is 0 Å². The van der Waals surface area contributed by atoms with Crippen molar-refractivity contribution in [3.63, 3.8) is 0 Å². The molecule has 2 N–H and O–H groups in total. The third-order valence-corrected chi connectivity index (χ3v) is 6.02. The summed E-state index contributed by atoms with van der Waals surface area (Å²) < 4.78 is 0. The van der Waals surface area contributed by atoms with Gasteiger partial charge in [-0.05, 0) is 61.6 Å². The average Bonchev–Trinajstić information content (AvgIpc) is 2.51. The van der Waals surface area contributed by atoms with Crippen molar-refractivity contribution in [3.05, 3.63) is 33.8 Å². The van der Waals surface area contributed by atoms with Gasteiger partial charge in [0.25, 0.3) is 0 Å². The molecule has 118 valence electrons. The van der Waals surface area contributed by atoms with E-state index in [1.807, 2.05) is 12.1 Å². The number of hydrogen-bond donors (Lipinski definition) is 1. The molecule has 1 aromatic rings. The lowest BCUT2D eigenvalue weighted by molar-refractivity contribution is 0.150. The first-order chi connectivity index (χ1) is 10.1. The molecule has 0 aromatic heterocycles. The highest BCUT2D eigenvalue weighted by atomic mass is 35.5. The van der Waals surface area contributed by atoms with Crippen molar-refractivity contribution in [2.24, 2.45) is 17.1 Å². The molecule has 1 aromatic carbocycles. The molecule has 1 saturated carbocycles. The van der Waals surface area contributed by atoms with Crippen LogP contribution in [-0.4, -0.2) is 6.54 Å². The molecular formula is C18H27Cl2N. The first-order valence-electron chi connectivity index (χ1n) is 8.23. The molecule has 1 aliphatic carbocycles. The number of rotatable bonds is 6. The maximum absolute atomic E-state index is 6.36. The highest BCUT2D eigenvalue weighted by Crippen LogP contribution is 2.43. The molecule has 0 spiro atoms. The molecule has 21 heavy (non-hydrogen) atoms. The van der Waals surface area contributed by atoms with Crippen LogP contribution in [0.15, 0.2) is 18.2 Å². The molecule has 0 saturated heterocycles. The Hall–Kier alpha value is -0.240. The Kier molecular flexibility index (Phi) is 6.40. The summed E-state index contributed by atoms with van der Waals surface area (Å²) in [7, 11) is 0. The Balaban J connectivity index is 2.01. The van der Waals surface area contributed by atoms with Gasteiger partial charge in [0.05, 0.1) is 10.0 Å². The van der Waals surface area contributed by atoms with Crippen LogP contribution in [0.3, 0.4) is 0 Å². The highest BCUT2D eigenvalue weighted by Gasteiger charge is 2.34. The summed E-state index contributed by atoms with van der Waals surface area (Å²) >= 11 is 12.5. The van der Waals surface area contributed by atoms with E-state index in [1.54, 1.807) is 0 Å². The Bertz CT molecular complexity index is 451. The third kappa shape index (κ3) is 4.37. The van der Waals surface area contributed by atoms with E-state index in [2.05, 4.69) is 13.0 Å². The topological polar surface area (TPSA) is 26.0 Å². The highest BCUT2D eigenvalue weighted by molar-refractivity contribution is 6.42. The zero-order valence-electron chi connectivity index (χ0n) is 13.0. The first kappa shape index (κ1) is 17.1. The molecule has 0 bridgehead atoms. The SMILES string of the molecule is CCCCC1CCC(CN)(Cc2cccc(Cl)c2Cl)CC1. The summed E-state index contributed by atoms with van der Waals surface area (Å²) in [4.78, 5) is 0. The fourth-order valence-electron chi connectivity index (χ4n) is 3.61. The summed E-state index contributed by atoms with van der Waals surface area (Å²) in [6.45, 7) is 3.02. The lowest BCUT2D eigenvalue weighted by Gasteiger charge is -2.40. The predicted octanol–water partition coefficient (Wildman–Crippen LogP) is 5.86. The zero-order chi connectivity index (χ0) is 15.3. The van der Waals surface area contributed by atoms with Gasteiger partial charge in [0.1, 0.15) is 0 Å². The van der Waals surface area contributed by atoms with E-state index in [-0.39, 0.29) is 5.41 Å². The summed E-state index contributed by atoms with van der Waals surface area (Å²) in [5, 5.41) is 1.36. The minimum Gasteiger partial charge on any atom is -0.330 e. The number of benzene rings is 1. The quantitative estimate of drug-likeness (QED) is 0.695. The Labute approximate surface area is 139 Å². The molecule has 0 aliphatic heterocycles. The smallest absolute Gasteiger partial charge is 0.0624 e. The lowest BCUT2D eigenvalue weighted by Crippen LogP contribution is -2.37. The second kappa shape index (κ2) is 7.85. The molecule has 0 heterocycles. The second-order valence-electron chi connectivity index (χ2n) is 6.68. The van der Waals surface area contributed by atoms with E-state index in [1.165, 1.54) is 44.9 Å². The van der Waals surface area contributed by atoms with Crippen LogP contribution in [0.2, 0.25) is 10.0 Å². The van der Waals surface area contributed by atoms with Crippen molar-refractivity contribution in [2.75, 3.05) is 6.54 Å². The van der Waals surface area contributed by atoms with Crippen molar-refractivity contribution in [2.45, 2.75) is 58.3 Å². The van der Waals surface area contributed by atoms with Crippen LogP contribution in [0, 0.1) is 11.3 Å². The van der Waals surface area contributed by atoms with Crippen molar-refractivity contribution < 1.29 is 0 Å². The third-order valence-electron chi connectivity index (χ3n) is 5.16. The van der Waals surface area contributed by atoms with Crippen LogP contribution in [0.4, 0.5) is 0 Å². The van der Waals surface area contributed by atoms with Crippen LogP contribution in [0.1, 0.15) is 57.4 Å². The largest absolute Gasteiger partial charge is 0.330 e. The van der Waals surface area contributed by atoms with E-state index < -0.39 is 0 Å². The molecule has 2 rings (SSSR count). The fourth-order valence-corrected chi connectivity index (χ4v) is 4.00. The zero-order valence-corrected chi connectivity index (χ0v) is 14.5. The van der Waals surface area contributed by atoms with Crippen LogP contribution in [-0.2, 0) is 6.42 Å². The molecule has 0 amide bonds. The predicted molar refractivity (Wildman–Crippen MR) is 93.1 cm³/mol. The van der Waals surface area contributed by atoms with E-state index in [0.29, 0.717) is 10.0 Å². The monoisotopic (exact) mass is 327 g/mol. The van der Waals surface area contributed by atoms with E-state index in [0.717, 1.165) is 24.4 Å². The summed E-state index contributed by atoms with van der Waals surface area (Å²) in [5.41, 5.74) is 7.52. The first-order valence-corrected chi connectivity index (χ1v) is 8.99.